The molecular formula is C24H31N3O4S. The highest BCUT2D eigenvalue weighted by atomic mass is 32.2. The molecule has 1 N–H and O–H groups in total. The van der Waals surface area contributed by atoms with E-state index >= 15 is 0 Å². The number of aryl methyl sites for hydroxylation is 1. The van der Waals surface area contributed by atoms with E-state index < -0.39 is 10.0 Å². The molecule has 3 rings (SSSR count). The second-order valence-electron chi connectivity index (χ2n) is 8.01. The number of anilines is 1. The minimum absolute atomic E-state index is 0.0342. The van der Waals surface area contributed by atoms with E-state index in [2.05, 4.69) is 16.9 Å². The van der Waals surface area contributed by atoms with E-state index in [-0.39, 0.29) is 17.6 Å². The first-order valence-electron chi connectivity index (χ1n) is 11.1. The Labute approximate surface area is 190 Å². The second-order valence-corrected chi connectivity index (χ2v) is 9.86. The molecule has 8 heteroatoms. The maximum atomic E-state index is 12.9. The standard InChI is InChI=1S/C24H31N3O4S/c1-2-18-32(30,31)25-22-12-7-11-21(19-22)24(29)27-16-14-26(15-17-27)23(28)13-6-10-20-8-4-3-5-9-20/h3-5,7-9,11-12,19,25H,2,6,10,13-18H2,1H3. The molecule has 0 unspecified atom stereocenters. The van der Waals surface area contributed by atoms with Crippen molar-refractivity contribution in [3.8, 4) is 0 Å². The fraction of sp³-hybridized carbons (Fsp3) is 0.417. The zero-order valence-electron chi connectivity index (χ0n) is 18.5. The van der Waals surface area contributed by atoms with Gasteiger partial charge in [0.1, 0.15) is 0 Å². The number of hydrogen-bond acceptors (Lipinski definition) is 4. The van der Waals surface area contributed by atoms with Crippen LogP contribution in [0.2, 0.25) is 0 Å². The molecule has 1 aliphatic heterocycles. The number of rotatable bonds is 9. The Morgan fingerprint density at radius 3 is 2.31 bits per heavy atom. The molecule has 7 nitrogen and oxygen atoms in total. The summed E-state index contributed by atoms with van der Waals surface area (Å²) in [5, 5.41) is 0. The number of piperazine rings is 1. The molecule has 2 amide bonds. The van der Waals surface area contributed by atoms with Crippen molar-refractivity contribution >= 4 is 27.5 Å². The smallest absolute Gasteiger partial charge is 0.254 e. The second kappa shape index (κ2) is 11.1. The van der Waals surface area contributed by atoms with Gasteiger partial charge in [-0.15, -0.1) is 0 Å². The maximum absolute atomic E-state index is 12.9. The van der Waals surface area contributed by atoms with Gasteiger partial charge in [0.2, 0.25) is 15.9 Å². The van der Waals surface area contributed by atoms with Crippen LogP contribution in [0.4, 0.5) is 5.69 Å². The predicted octanol–water partition coefficient (Wildman–Crippen LogP) is 3.15. The van der Waals surface area contributed by atoms with Crippen LogP contribution in [0.1, 0.15) is 42.1 Å². The number of sulfonamides is 1. The van der Waals surface area contributed by atoms with Gasteiger partial charge < -0.3 is 9.80 Å². The number of amides is 2. The van der Waals surface area contributed by atoms with Crippen LogP contribution < -0.4 is 4.72 Å². The molecule has 0 bridgehead atoms. The molecule has 2 aromatic rings. The number of nitrogens with one attached hydrogen (secondary N) is 1. The van der Waals surface area contributed by atoms with E-state index in [4.69, 9.17) is 0 Å². The van der Waals surface area contributed by atoms with Crippen molar-refractivity contribution in [1.29, 1.82) is 0 Å². The van der Waals surface area contributed by atoms with Crippen LogP contribution in [0.15, 0.2) is 54.6 Å². The van der Waals surface area contributed by atoms with Crippen molar-refractivity contribution in [2.45, 2.75) is 32.6 Å². The van der Waals surface area contributed by atoms with E-state index in [1.807, 2.05) is 23.1 Å². The highest BCUT2D eigenvalue weighted by molar-refractivity contribution is 7.92. The first kappa shape index (κ1) is 23.8. The van der Waals surface area contributed by atoms with Gasteiger partial charge in [-0.3, -0.25) is 14.3 Å². The van der Waals surface area contributed by atoms with Gasteiger partial charge in [0.05, 0.1) is 5.75 Å². The summed E-state index contributed by atoms with van der Waals surface area (Å²) in [7, 11) is -3.41. The summed E-state index contributed by atoms with van der Waals surface area (Å²) in [5.41, 5.74) is 2.05. The van der Waals surface area contributed by atoms with Gasteiger partial charge in [0, 0.05) is 43.9 Å². The molecule has 0 radical (unpaired) electrons. The summed E-state index contributed by atoms with van der Waals surface area (Å²) in [6.45, 7) is 3.76. The number of hydrogen-bond donors (Lipinski definition) is 1. The molecule has 0 saturated carbocycles. The van der Waals surface area contributed by atoms with E-state index in [1.54, 1.807) is 36.1 Å². The summed E-state index contributed by atoms with van der Waals surface area (Å²) < 4.78 is 26.5. The Kier molecular flexibility index (Phi) is 8.27. The minimum Gasteiger partial charge on any atom is -0.339 e. The van der Waals surface area contributed by atoms with Crippen LogP contribution in [0.25, 0.3) is 0 Å². The molecule has 0 aliphatic carbocycles. The van der Waals surface area contributed by atoms with E-state index in [9.17, 15) is 18.0 Å². The lowest BCUT2D eigenvalue weighted by molar-refractivity contribution is -0.132. The van der Waals surface area contributed by atoms with Crippen LogP contribution >= 0.6 is 0 Å². The van der Waals surface area contributed by atoms with Crippen LogP contribution in [-0.2, 0) is 21.2 Å². The Balaban J connectivity index is 1.49. The van der Waals surface area contributed by atoms with Crippen LogP contribution in [0, 0.1) is 0 Å². The normalized spacial score (nSPS) is 14.3. The highest BCUT2D eigenvalue weighted by Crippen LogP contribution is 2.16. The maximum Gasteiger partial charge on any atom is 0.254 e. The SMILES string of the molecule is CCCS(=O)(=O)Nc1cccc(C(=O)N2CCN(C(=O)CCCc3ccccc3)CC2)c1. The molecule has 1 saturated heterocycles. The quantitative estimate of drug-likeness (QED) is 0.627. The van der Waals surface area contributed by atoms with Gasteiger partial charge in [-0.2, -0.15) is 0 Å². The van der Waals surface area contributed by atoms with Gasteiger partial charge in [0.25, 0.3) is 5.91 Å². The van der Waals surface area contributed by atoms with Crippen molar-refractivity contribution in [2.24, 2.45) is 0 Å². The molecular weight excluding hydrogens is 426 g/mol. The average molecular weight is 458 g/mol. The van der Waals surface area contributed by atoms with Crippen molar-refractivity contribution in [2.75, 3.05) is 36.7 Å². The third kappa shape index (κ3) is 6.82. The van der Waals surface area contributed by atoms with Crippen molar-refractivity contribution < 1.29 is 18.0 Å². The van der Waals surface area contributed by atoms with E-state index in [0.717, 1.165) is 12.8 Å². The summed E-state index contributed by atoms with van der Waals surface area (Å²) >= 11 is 0. The number of carbonyl (C=O) groups excluding carboxylic acids is 2. The molecule has 172 valence electrons. The van der Waals surface area contributed by atoms with Gasteiger partial charge in [-0.25, -0.2) is 8.42 Å². The topological polar surface area (TPSA) is 86.8 Å². The largest absolute Gasteiger partial charge is 0.339 e. The monoisotopic (exact) mass is 457 g/mol. The zero-order valence-corrected chi connectivity index (χ0v) is 19.3. The van der Waals surface area contributed by atoms with Gasteiger partial charge in [0.15, 0.2) is 0 Å². The highest BCUT2D eigenvalue weighted by Gasteiger charge is 2.25. The van der Waals surface area contributed by atoms with Crippen LogP contribution in [0.3, 0.4) is 0 Å². The lowest BCUT2D eigenvalue weighted by Gasteiger charge is -2.35. The first-order valence-corrected chi connectivity index (χ1v) is 12.7. The number of carbonyl (C=O) groups is 2. The Morgan fingerprint density at radius 1 is 0.938 bits per heavy atom. The summed E-state index contributed by atoms with van der Waals surface area (Å²) in [5.74, 6) is 0.00468. The van der Waals surface area contributed by atoms with Crippen LogP contribution in [-0.4, -0.2) is 62.0 Å². The Hall–Kier alpha value is -2.87. The lowest BCUT2D eigenvalue weighted by atomic mass is 10.1. The molecule has 2 aromatic carbocycles. The fourth-order valence-corrected chi connectivity index (χ4v) is 4.93. The Morgan fingerprint density at radius 2 is 1.62 bits per heavy atom. The Bertz CT molecular complexity index is 1020. The molecule has 1 aliphatic rings. The summed E-state index contributed by atoms with van der Waals surface area (Å²) in [6, 6.07) is 16.7. The molecule has 0 atom stereocenters. The fourth-order valence-electron chi connectivity index (χ4n) is 3.80. The minimum atomic E-state index is -3.41. The lowest BCUT2D eigenvalue weighted by Crippen LogP contribution is -2.50. The van der Waals surface area contributed by atoms with Crippen molar-refractivity contribution in [1.82, 2.24) is 9.80 Å². The third-order valence-corrected chi connectivity index (χ3v) is 6.97. The van der Waals surface area contributed by atoms with Crippen LogP contribution in [0.5, 0.6) is 0 Å². The molecule has 0 spiro atoms. The van der Waals surface area contributed by atoms with E-state index in [0.29, 0.717) is 50.3 Å². The predicted molar refractivity (Wildman–Crippen MR) is 126 cm³/mol. The third-order valence-electron chi connectivity index (χ3n) is 5.47. The van der Waals surface area contributed by atoms with Gasteiger partial charge >= 0.3 is 0 Å². The molecule has 32 heavy (non-hydrogen) atoms. The molecule has 1 fully saturated rings. The zero-order chi connectivity index (χ0) is 23.0. The summed E-state index contributed by atoms with van der Waals surface area (Å²) in [6.07, 6.45) is 2.71. The van der Waals surface area contributed by atoms with Crippen molar-refractivity contribution in [3.63, 3.8) is 0 Å². The summed E-state index contributed by atoms with van der Waals surface area (Å²) in [4.78, 5) is 29.0. The van der Waals surface area contributed by atoms with Gasteiger partial charge in [-0.1, -0.05) is 43.3 Å². The average Bonchev–Trinajstić information content (AvgIpc) is 2.79. The number of nitrogens with zero attached hydrogens (tertiary/aromatic N) is 2. The van der Waals surface area contributed by atoms with E-state index in [1.165, 1.54) is 5.56 Å². The molecule has 1 heterocycles. The number of benzene rings is 2. The van der Waals surface area contributed by atoms with Crippen molar-refractivity contribution in [3.05, 3.63) is 65.7 Å². The first-order chi connectivity index (χ1) is 15.4. The van der Waals surface area contributed by atoms with Gasteiger partial charge in [-0.05, 0) is 43.0 Å². The molecule has 0 aromatic heterocycles.